The van der Waals surface area contributed by atoms with Gasteiger partial charge in [-0.05, 0) is 18.2 Å². The Labute approximate surface area is 148 Å². The van der Waals surface area contributed by atoms with E-state index in [0.29, 0.717) is 16.8 Å². The molecule has 2 aromatic carbocycles. The summed E-state index contributed by atoms with van der Waals surface area (Å²) in [4.78, 5) is 28.8. The van der Waals surface area contributed by atoms with Crippen LogP contribution >= 0.6 is 0 Å². The van der Waals surface area contributed by atoms with Crippen LogP contribution < -0.4 is 0 Å². The maximum atomic E-state index is 12.3. The van der Waals surface area contributed by atoms with Crippen molar-refractivity contribution < 1.29 is 26.9 Å². The number of carbonyl (C=O) groups is 2. The van der Waals surface area contributed by atoms with E-state index in [2.05, 4.69) is 9.17 Å². The number of rotatable bonds is 3. The third-order valence-electron chi connectivity index (χ3n) is 4.11. The van der Waals surface area contributed by atoms with Crippen molar-refractivity contribution >= 4 is 33.0 Å². The van der Waals surface area contributed by atoms with E-state index < -0.39 is 22.1 Å². The van der Waals surface area contributed by atoms with Gasteiger partial charge in [-0.25, -0.2) is 14.6 Å². The molecule has 0 fully saturated rings. The minimum Gasteiger partial charge on any atom is -0.386 e. The van der Waals surface area contributed by atoms with Crippen molar-refractivity contribution in [3.8, 4) is 11.3 Å². The van der Waals surface area contributed by atoms with Crippen LogP contribution in [-0.2, 0) is 19.0 Å². The van der Waals surface area contributed by atoms with Gasteiger partial charge in [0.05, 0.1) is 28.8 Å². The molecule has 0 aliphatic carbocycles. The van der Waals surface area contributed by atoms with E-state index in [1.54, 1.807) is 24.3 Å². The smallest absolute Gasteiger partial charge is 0.349 e. The highest BCUT2D eigenvalue weighted by Gasteiger charge is 2.36. The second kappa shape index (κ2) is 5.72. The van der Waals surface area contributed by atoms with Gasteiger partial charge in [-0.3, -0.25) is 4.18 Å². The summed E-state index contributed by atoms with van der Waals surface area (Å²) in [5.74, 6) is -1.64. The summed E-state index contributed by atoms with van der Waals surface area (Å²) in [5.41, 5.74) is 1.36. The quantitative estimate of drug-likeness (QED) is 0.397. The Bertz CT molecular complexity index is 1190. The lowest BCUT2D eigenvalue weighted by atomic mass is 9.98. The Morgan fingerprint density at radius 1 is 0.962 bits per heavy atom. The fraction of sp³-hybridized carbons (Fsp3) is 0.0556. The van der Waals surface area contributed by atoms with Crippen LogP contribution in [0, 0.1) is 0 Å². The van der Waals surface area contributed by atoms with Crippen LogP contribution in [0.2, 0.25) is 0 Å². The van der Waals surface area contributed by atoms with E-state index in [0.717, 1.165) is 7.11 Å². The van der Waals surface area contributed by atoms with Gasteiger partial charge in [-0.1, -0.05) is 30.3 Å². The van der Waals surface area contributed by atoms with Gasteiger partial charge in [0.15, 0.2) is 0 Å². The molecule has 0 saturated carbocycles. The lowest BCUT2D eigenvalue weighted by Crippen LogP contribution is -2.05. The van der Waals surface area contributed by atoms with E-state index in [1.807, 2.05) is 6.07 Å². The van der Waals surface area contributed by atoms with Gasteiger partial charge >= 0.3 is 11.9 Å². The standard InChI is InChI=1S/C18H11NO6S/c1-24-26(22,23)11-7-8-13-12(9-11)14-15(18(21)25-17(14)20)16(19-13)10-5-3-2-4-6-10/h2-9H,1H3. The van der Waals surface area contributed by atoms with Crippen molar-refractivity contribution in [2.75, 3.05) is 7.11 Å². The van der Waals surface area contributed by atoms with Crippen molar-refractivity contribution in [2.24, 2.45) is 0 Å². The Morgan fingerprint density at radius 2 is 1.65 bits per heavy atom. The van der Waals surface area contributed by atoms with Crippen LogP contribution in [0.15, 0.2) is 53.4 Å². The molecule has 2 heterocycles. The number of cyclic esters (lactones) is 2. The van der Waals surface area contributed by atoms with Crippen molar-refractivity contribution in [3.63, 3.8) is 0 Å². The third kappa shape index (κ3) is 2.39. The van der Waals surface area contributed by atoms with E-state index in [9.17, 15) is 18.0 Å². The van der Waals surface area contributed by atoms with Crippen LogP contribution in [-0.4, -0.2) is 32.5 Å². The highest BCUT2D eigenvalue weighted by Crippen LogP contribution is 2.35. The molecule has 8 heteroatoms. The normalized spacial score (nSPS) is 13.7. The summed E-state index contributed by atoms with van der Waals surface area (Å²) in [5, 5.41) is 0.216. The molecule has 0 unspecified atom stereocenters. The fourth-order valence-electron chi connectivity index (χ4n) is 2.90. The van der Waals surface area contributed by atoms with Gasteiger partial charge in [0, 0.05) is 10.9 Å². The topological polar surface area (TPSA) is 99.6 Å². The Hall–Kier alpha value is -3.10. The molecule has 1 aliphatic heterocycles. The number of nitrogens with zero attached hydrogens (tertiary/aromatic N) is 1. The predicted molar refractivity (Wildman–Crippen MR) is 91.1 cm³/mol. The monoisotopic (exact) mass is 369 g/mol. The maximum absolute atomic E-state index is 12.3. The summed E-state index contributed by atoms with van der Waals surface area (Å²) in [6, 6.07) is 12.9. The lowest BCUT2D eigenvalue weighted by Gasteiger charge is -2.09. The van der Waals surface area contributed by atoms with E-state index in [4.69, 9.17) is 4.74 Å². The third-order valence-corrected chi connectivity index (χ3v) is 5.38. The molecule has 130 valence electrons. The number of hydrogen-bond acceptors (Lipinski definition) is 7. The molecule has 0 amide bonds. The summed E-state index contributed by atoms with van der Waals surface area (Å²) < 4.78 is 33.2. The van der Waals surface area contributed by atoms with Gasteiger partial charge < -0.3 is 4.74 Å². The number of hydrogen-bond donors (Lipinski definition) is 0. The van der Waals surface area contributed by atoms with Gasteiger partial charge in [-0.2, -0.15) is 8.42 Å². The van der Waals surface area contributed by atoms with Gasteiger partial charge in [0.25, 0.3) is 10.1 Å². The zero-order chi connectivity index (χ0) is 18.5. The van der Waals surface area contributed by atoms with Crippen LogP contribution in [0.5, 0.6) is 0 Å². The van der Waals surface area contributed by atoms with E-state index >= 15 is 0 Å². The lowest BCUT2D eigenvalue weighted by molar-refractivity contribution is 0.0444. The zero-order valence-electron chi connectivity index (χ0n) is 13.4. The summed E-state index contributed by atoms with van der Waals surface area (Å²) in [6.45, 7) is 0. The number of fused-ring (bicyclic) bond motifs is 3. The number of benzene rings is 2. The Balaban J connectivity index is 2.10. The molecule has 0 N–H and O–H groups in total. The highest BCUT2D eigenvalue weighted by molar-refractivity contribution is 7.86. The molecule has 4 rings (SSSR count). The van der Waals surface area contributed by atoms with Crippen LogP contribution in [0.4, 0.5) is 0 Å². The molecule has 0 spiro atoms. The molecule has 26 heavy (non-hydrogen) atoms. The molecule has 1 aromatic heterocycles. The molecular weight excluding hydrogens is 358 g/mol. The average molecular weight is 369 g/mol. The minimum absolute atomic E-state index is 0.00649. The second-order valence-corrected chi connectivity index (χ2v) is 7.27. The molecule has 0 saturated heterocycles. The van der Waals surface area contributed by atoms with Gasteiger partial charge in [-0.15, -0.1) is 0 Å². The summed E-state index contributed by atoms with van der Waals surface area (Å²) >= 11 is 0. The highest BCUT2D eigenvalue weighted by atomic mass is 32.2. The number of ether oxygens (including phenoxy) is 1. The van der Waals surface area contributed by atoms with E-state index in [1.165, 1.54) is 18.2 Å². The predicted octanol–water partition coefficient (Wildman–Crippen LogP) is 2.55. The van der Waals surface area contributed by atoms with Crippen LogP contribution in [0.3, 0.4) is 0 Å². The van der Waals surface area contributed by atoms with Crippen molar-refractivity contribution in [2.45, 2.75) is 4.90 Å². The average Bonchev–Trinajstić information content (AvgIpc) is 2.96. The number of carbonyl (C=O) groups excluding carboxylic acids is 2. The first-order valence-corrected chi connectivity index (χ1v) is 8.93. The SMILES string of the molecule is COS(=O)(=O)c1ccc2nc(-c3ccccc3)c3c(c2c1)C(=O)OC3=O. The summed E-state index contributed by atoms with van der Waals surface area (Å²) in [6.07, 6.45) is 0. The van der Waals surface area contributed by atoms with Crippen molar-refractivity contribution in [1.82, 2.24) is 4.98 Å². The number of aromatic nitrogens is 1. The van der Waals surface area contributed by atoms with Crippen molar-refractivity contribution in [1.29, 1.82) is 0 Å². The maximum Gasteiger partial charge on any atom is 0.349 e. The fourth-order valence-corrected chi connectivity index (χ4v) is 3.59. The molecule has 7 nitrogen and oxygen atoms in total. The molecule has 0 radical (unpaired) electrons. The van der Waals surface area contributed by atoms with Crippen LogP contribution in [0.1, 0.15) is 20.7 Å². The van der Waals surface area contributed by atoms with E-state index in [-0.39, 0.29) is 21.4 Å². The first-order valence-electron chi connectivity index (χ1n) is 7.52. The first-order chi connectivity index (χ1) is 12.4. The zero-order valence-corrected chi connectivity index (χ0v) is 14.2. The van der Waals surface area contributed by atoms with Crippen molar-refractivity contribution in [3.05, 3.63) is 59.7 Å². The summed E-state index contributed by atoms with van der Waals surface area (Å²) in [7, 11) is -2.93. The van der Waals surface area contributed by atoms with Gasteiger partial charge in [0.1, 0.15) is 5.56 Å². The molecular formula is C18H11NO6S. The molecule has 0 atom stereocenters. The molecule has 0 bridgehead atoms. The Morgan fingerprint density at radius 3 is 2.35 bits per heavy atom. The van der Waals surface area contributed by atoms with Crippen LogP contribution in [0.25, 0.3) is 22.2 Å². The number of pyridine rings is 1. The van der Waals surface area contributed by atoms with Gasteiger partial charge in [0.2, 0.25) is 0 Å². The first kappa shape index (κ1) is 16.4. The largest absolute Gasteiger partial charge is 0.386 e. The Kier molecular flexibility index (Phi) is 3.60. The minimum atomic E-state index is -3.97. The second-order valence-electron chi connectivity index (χ2n) is 5.55. The molecule has 1 aliphatic rings. The number of esters is 2. The molecule has 3 aromatic rings.